The Morgan fingerprint density at radius 3 is 2.40 bits per heavy atom. The monoisotopic (exact) mass is 285 g/mol. The van der Waals surface area contributed by atoms with Crippen LogP contribution in [0.1, 0.15) is 39.0 Å². The molecule has 1 aliphatic heterocycles. The molecule has 0 aromatic rings. The third kappa shape index (κ3) is 5.46. The zero-order valence-electron chi connectivity index (χ0n) is 11.9. The van der Waals surface area contributed by atoms with E-state index in [-0.39, 0.29) is 12.5 Å². The van der Waals surface area contributed by atoms with Crippen LogP contribution in [-0.2, 0) is 9.59 Å². The van der Waals surface area contributed by atoms with Crippen LogP contribution in [0.25, 0.3) is 0 Å². The molecule has 1 saturated heterocycles. The molecule has 0 bridgehead atoms. The Morgan fingerprint density at radius 1 is 1.20 bits per heavy atom. The number of carbonyl (C=O) groups excluding carboxylic acids is 2. The van der Waals surface area contributed by atoms with Crippen molar-refractivity contribution in [2.24, 2.45) is 0 Å². The molecule has 0 aliphatic carbocycles. The molecule has 1 rings (SSSR count). The molecule has 7 nitrogen and oxygen atoms in total. The Labute approximate surface area is 118 Å². The lowest BCUT2D eigenvalue weighted by atomic mass is 10.1. The molecular weight excluding hydrogens is 262 g/mol. The van der Waals surface area contributed by atoms with Gasteiger partial charge in [0.15, 0.2) is 0 Å². The van der Waals surface area contributed by atoms with Gasteiger partial charge in [-0.05, 0) is 25.7 Å². The highest BCUT2D eigenvalue weighted by molar-refractivity contribution is 5.86. The van der Waals surface area contributed by atoms with Gasteiger partial charge in [0.25, 0.3) is 0 Å². The fourth-order valence-corrected chi connectivity index (χ4v) is 2.17. The first kappa shape index (κ1) is 16.3. The van der Waals surface area contributed by atoms with E-state index in [0.717, 1.165) is 32.4 Å². The van der Waals surface area contributed by atoms with Crippen LogP contribution >= 0.6 is 0 Å². The highest BCUT2D eigenvalue weighted by Gasteiger charge is 2.20. The summed E-state index contributed by atoms with van der Waals surface area (Å²) in [7, 11) is 0. The highest BCUT2D eigenvalue weighted by atomic mass is 16.4. The average molecular weight is 285 g/mol. The van der Waals surface area contributed by atoms with Crippen LogP contribution in [0.5, 0.6) is 0 Å². The highest BCUT2D eigenvalue weighted by Crippen LogP contribution is 2.08. The molecule has 1 fully saturated rings. The minimum atomic E-state index is -1.07. The van der Waals surface area contributed by atoms with E-state index in [2.05, 4.69) is 10.6 Å². The molecule has 1 unspecified atom stereocenters. The van der Waals surface area contributed by atoms with Crippen molar-refractivity contribution in [3.63, 3.8) is 0 Å². The van der Waals surface area contributed by atoms with Crippen LogP contribution in [0.4, 0.5) is 4.79 Å². The van der Waals surface area contributed by atoms with Gasteiger partial charge in [0.1, 0.15) is 6.04 Å². The Morgan fingerprint density at radius 2 is 1.85 bits per heavy atom. The van der Waals surface area contributed by atoms with E-state index in [9.17, 15) is 14.4 Å². The number of rotatable bonds is 6. The maximum absolute atomic E-state index is 11.8. The average Bonchev–Trinajstić information content (AvgIpc) is 2.45. The third-order valence-corrected chi connectivity index (χ3v) is 3.29. The number of piperidine rings is 1. The van der Waals surface area contributed by atoms with E-state index in [1.54, 1.807) is 4.90 Å². The zero-order valence-corrected chi connectivity index (χ0v) is 11.9. The van der Waals surface area contributed by atoms with Crippen molar-refractivity contribution in [1.82, 2.24) is 15.5 Å². The number of carboxylic acid groups (broad SMARTS) is 1. The molecule has 0 saturated carbocycles. The summed E-state index contributed by atoms with van der Waals surface area (Å²) >= 11 is 0. The Hall–Kier alpha value is -1.79. The van der Waals surface area contributed by atoms with Gasteiger partial charge in [-0.2, -0.15) is 0 Å². The van der Waals surface area contributed by atoms with Crippen molar-refractivity contribution < 1.29 is 19.5 Å². The first-order chi connectivity index (χ1) is 9.54. The molecule has 3 N–H and O–H groups in total. The molecule has 114 valence electrons. The predicted octanol–water partition coefficient (Wildman–Crippen LogP) is 0.551. The minimum absolute atomic E-state index is 0.0930. The van der Waals surface area contributed by atoms with Crippen LogP contribution in [0.3, 0.4) is 0 Å². The summed E-state index contributed by atoms with van der Waals surface area (Å²) in [6, 6.07) is -1.53. The van der Waals surface area contributed by atoms with Gasteiger partial charge in [-0.1, -0.05) is 13.3 Å². The van der Waals surface area contributed by atoms with Crippen LogP contribution in [-0.4, -0.2) is 53.6 Å². The summed E-state index contributed by atoms with van der Waals surface area (Å²) in [4.78, 5) is 36.0. The van der Waals surface area contributed by atoms with Crippen molar-refractivity contribution >= 4 is 17.9 Å². The number of hydrogen-bond donors (Lipinski definition) is 3. The number of nitrogens with zero attached hydrogens (tertiary/aromatic N) is 1. The van der Waals surface area contributed by atoms with E-state index in [4.69, 9.17) is 5.11 Å². The smallest absolute Gasteiger partial charge is 0.326 e. The Bertz CT molecular complexity index is 354. The molecule has 20 heavy (non-hydrogen) atoms. The number of hydrogen-bond acceptors (Lipinski definition) is 3. The van der Waals surface area contributed by atoms with Gasteiger partial charge < -0.3 is 20.6 Å². The maximum Gasteiger partial charge on any atom is 0.326 e. The number of likely N-dealkylation sites (tertiary alicyclic amines) is 1. The van der Waals surface area contributed by atoms with E-state index in [1.165, 1.54) is 0 Å². The SMILES string of the molecule is CCCC(NC(=O)NCC(=O)N1CCCCC1)C(=O)O. The van der Waals surface area contributed by atoms with Crippen LogP contribution in [0, 0.1) is 0 Å². The van der Waals surface area contributed by atoms with Gasteiger partial charge in [-0.15, -0.1) is 0 Å². The first-order valence-electron chi connectivity index (χ1n) is 7.09. The topological polar surface area (TPSA) is 98.7 Å². The summed E-state index contributed by atoms with van der Waals surface area (Å²) in [5.41, 5.74) is 0. The lowest BCUT2D eigenvalue weighted by Gasteiger charge is -2.26. The van der Waals surface area contributed by atoms with Gasteiger partial charge in [0.2, 0.25) is 5.91 Å². The fraction of sp³-hybridized carbons (Fsp3) is 0.769. The molecular formula is C13H23N3O4. The lowest BCUT2D eigenvalue weighted by molar-refractivity contribution is -0.139. The third-order valence-electron chi connectivity index (χ3n) is 3.29. The van der Waals surface area contributed by atoms with E-state index < -0.39 is 18.0 Å². The van der Waals surface area contributed by atoms with Crippen molar-refractivity contribution in [3.05, 3.63) is 0 Å². The van der Waals surface area contributed by atoms with Gasteiger partial charge in [0, 0.05) is 13.1 Å². The standard InChI is InChI=1S/C13H23N3O4/c1-2-6-10(12(18)19)15-13(20)14-9-11(17)16-7-4-3-5-8-16/h10H,2-9H2,1H3,(H,18,19)(H2,14,15,20). The number of urea groups is 1. The number of carbonyl (C=O) groups is 3. The lowest BCUT2D eigenvalue weighted by Crippen LogP contribution is -2.49. The second-order valence-corrected chi connectivity index (χ2v) is 4.95. The van der Waals surface area contributed by atoms with Gasteiger partial charge >= 0.3 is 12.0 Å². The Balaban J connectivity index is 2.30. The number of carboxylic acids is 1. The molecule has 1 atom stereocenters. The molecule has 1 aliphatic rings. The molecule has 1 heterocycles. The van der Waals surface area contributed by atoms with E-state index in [1.807, 2.05) is 6.92 Å². The normalized spacial score (nSPS) is 16.4. The van der Waals surface area contributed by atoms with Crippen LogP contribution < -0.4 is 10.6 Å². The number of aliphatic carboxylic acids is 1. The summed E-state index contributed by atoms with van der Waals surface area (Å²) < 4.78 is 0. The van der Waals surface area contributed by atoms with Crippen molar-refractivity contribution in [3.8, 4) is 0 Å². The summed E-state index contributed by atoms with van der Waals surface area (Å²) in [6.07, 6.45) is 4.15. The molecule has 3 amide bonds. The van der Waals surface area contributed by atoms with Crippen molar-refractivity contribution in [1.29, 1.82) is 0 Å². The van der Waals surface area contributed by atoms with Crippen molar-refractivity contribution in [2.45, 2.75) is 45.1 Å². The summed E-state index contributed by atoms with van der Waals surface area (Å²) in [6.45, 7) is 3.21. The van der Waals surface area contributed by atoms with Gasteiger partial charge in [0.05, 0.1) is 6.54 Å². The largest absolute Gasteiger partial charge is 0.480 e. The quantitative estimate of drug-likeness (QED) is 0.663. The second kappa shape index (κ2) is 8.39. The van der Waals surface area contributed by atoms with Crippen LogP contribution in [0.2, 0.25) is 0 Å². The van der Waals surface area contributed by atoms with Crippen molar-refractivity contribution in [2.75, 3.05) is 19.6 Å². The fourth-order valence-electron chi connectivity index (χ4n) is 2.17. The zero-order chi connectivity index (χ0) is 15.0. The second-order valence-electron chi connectivity index (χ2n) is 4.95. The summed E-state index contributed by atoms with van der Waals surface area (Å²) in [5.74, 6) is -1.19. The van der Waals surface area contributed by atoms with E-state index >= 15 is 0 Å². The summed E-state index contributed by atoms with van der Waals surface area (Å²) in [5, 5.41) is 13.7. The van der Waals surface area contributed by atoms with Crippen LogP contribution in [0.15, 0.2) is 0 Å². The molecule has 0 aromatic heterocycles. The number of amides is 3. The maximum atomic E-state index is 11.8. The molecule has 0 radical (unpaired) electrons. The Kier molecular flexibility index (Phi) is 6.83. The molecule has 0 aromatic carbocycles. The molecule has 0 spiro atoms. The van der Waals surface area contributed by atoms with Gasteiger partial charge in [-0.25, -0.2) is 9.59 Å². The minimum Gasteiger partial charge on any atom is -0.480 e. The number of nitrogens with one attached hydrogen (secondary N) is 2. The predicted molar refractivity (Wildman–Crippen MR) is 73.3 cm³/mol. The first-order valence-corrected chi connectivity index (χ1v) is 7.09. The van der Waals surface area contributed by atoms with Gasteiger partial charge in [-0.3, -0.25) is 4.79 Å². The van der Waals surface area contributed by atoms with E-state index in [0.29, 0.717) is 12.8 Å². The molecule has 7 heteroatoms.